The van der Waals surface area contributed by atoms with Gasteiger partial charge in [-0.25, -0.2) is 0 Å². The molecule has 1 saturated heterocycles. The second-order valence-electron chi connectivity index (χ2n) is 3.44. The highest BCUT2D eigenvalue weighted by Gasteiger charge is 2.10. The fraction of sp³-hybridized carbons (Fsp3) is 0.900. The van der Waals surface area contributed by atoms with E-state index in [4.69, 9.17) is 14.2 Å². The van der Waals surface area contributed by atoms with Crippen LogP contribution in [0.3, 0.4) is 0 Å². The first-order chi connectivity index (χ1) is 7.33. The zero-order chi connectivity index (χ0) is 10.9. The van der Waals surface area contributed by atoms with Crippen molar-refractivity contribution >= 4 is 5.97 Å². The molecule has 1 aliphatic rings. The molecule has 0 N–H and O–H groups in total. The third-order valence-corrected chi connectivity index (χ3v) is 2.12. The molecule has 1 rings (SSSR count). The van der Waals surface area contributed by atoms with Gasteiger partial charge < -0.3 is 14.2 Å². The fourth-order valence-electron chi connectivity index (χ4n) is 1.40. The Morgan fingerprint density at radius 1 is 1.33 bits per heavy atom. The minimum absolute atomic E-state index is 0.108. The van der Waals surface area contributed by atoms with Gasteiger partial charge >= 0.3 is 5.97 Å². The Morgan fingerprint density at radius 3 is 2.73 bits per heavy atom. The van der Waals surface area contributed by atoms with Crippen molar-refractivity contribution in [1.29, 1.82) is 0 Å². The first-order valence-corrected chi connectivity index (χ1v) is 5.36. The number of ether oxygens (including phenoxy) is 3. The lowest BCUT2D eigenvalue weighted by Gasteiger charge is -2.26. The Balaban J connectivity index is 1.93. The quantitative estimate of drug-likeness (QED) is 0.489. The van der Waals surface area contributed by atoms with Crippen LogP contribution >= 0.6 is 0 Å². The first kappa shape index (κ1) is 12.4. The molecule has 0 bridgehead atoms. The van der Waals surface area contributed by atoms with Crippen LogP contribution in [0.4, 0.5) is 0 Å². The van der Waals surface area contributed by atoms with Crippen LogP contribution in [0.15, 0.2) is 0 Å². The van der Waals surface area contributed by atoms with Gasteiger partial charge in [-0.15, -0.1) is 0 Å². The average molecular weight is 217 g/mol. The topological polar surface area (TPSA) is 48.0 Å². The van der Waals surface area contributed by atoms with Crippen molar-refractivity contribution in [2.24, 2.45) is 0 Å². The van der Waals surface area contributed by atoms with Gasteiger partial charge in [0.15, 0.2) is 0 Å². The van der Waals surface area contributed by atoms with Gasteiger partial charge in [-0.2, -0.15) is 0 Å². The number of carbonyl (C=O) groups excluding carboxylic acids is 1. The molecule has 1 heterocycles. The SMILES string of the molecule is CCOC(=O)CCCCN1COCOC1. The van der Waals surface area contributed by atoms with E-state index >= 15 is 0 Å². The summed E-state index contributed by atoms with van der Waals surface area (Å²) in [4.78, 5) is 13.1. The third kappa shape index (κ3) is 5.71. The number of nitrogens with zero attached hydrogens (tertiary/aromatic N) is 1. The molecule has 0 aromatic rings. The molecule has 0 saturated carbocycles. The van der Waals surface area contributed by atoms with E-state index in [1.54, 1.807) is 0 Å². The monoisotopic (exact) mass is 217 g/mol. The van der Waals surface area contributed by atoms with E-state index in [1.165, 1.54) is 0 Å². The van der Waals surface area contributed by atoms with E-state index in [0.29, 0.717) is 33.3 Å². The predicted molar refractivity (Wildman–Crippen MR) is 54.0 cm³/mol. The van der Waals surface area contributed by atoms with Crippen LogP contribution < -0.4 is 0 Å². The number of hydrogen-bond acceptors (Lipinski definition) is 5. The number of rotatable bonds is 6. The second kappa shape index (κ2) is 7.62. The smallest absolute Gasteiger partial charge is 0.305 e. The highest BCUT2D eigenvalue weighted by atomic mass is 16.7. The van der Waals surface area contributed by atoms with E-state index in [2.05, 4.69) is 4.90 Å². The van der Waals surface area contributed by atoms with Gasteiger partial charge in [0.2, 0.25) is 0 Å². The van der Waals surface area contributed by atoms with Crippen LogP contribution in [-0.4, -0.2) is 44.3 Å². The maximum absolute atomic E-state index is 11.0. The molecule has 0 aromatic carbocycles. The third-order valence-electron chi connectivity index (χ3n) is 2.12. The maximum atomic E-state index is 11.0. The average Bonchev–Trinajstić information content (AvgIpc) is 2.26. The summed E-state index contributed by atoms with van der Waals surface area (Å²) in [5.41, 5.74) is 0. The Kier molecular flexibility index (Phi) is 6.31. The van der Waals surface area contributed by atoms with Crippen LogP contribution in [0.1, 0.15) is 26.2 Å². The molecule has 0 spiro atoms. The molecule has 88 valence electrons. The van der Waals surface area contributed by atoms with Gasteiger partial charge in [0, 0.05) is 13.0 Å². The van der Waals surface area contributed by atoms with E-state index in [1.807, 2.05) is 6.92 Å². The van der Waals surface area contributed by atoms with Gasteiger partial charge in [0.25, 0.3) is 0 Å². The lowest BCUT2D eigenvalue weighted by atomic mass is 10.2. The summed E-state index contributed by atoms with van der Waals surface area (Å²) in [7, 11) is 0. The van der Waals surface area contributed by atoms with E-state index < -0.39 is 0 Å². The van der Waals surface area contributed by atoms with Gasteiger partial charge in [0.1, 0.15) is 20.3 Å². The molecule has 0 radical (unpaired) electrons. The zero-order valence-electron chi connectivity index (χ0n) is 9.24. The molecule has 0 aromatic heterocycles. The van der Waals surface area contributed by atoms with Crippen LogP contribution in [0.2, 0.25) is 0 Å². The van der Waals surface area contributed by atoms with E-state index in [-0.39, 0.29) is 5.97 Å². The van der Waals surface area contributed by atoms with E-state index in [9.17, 15) is 4.79 Å². The van der Waals surface area contributed by atoms with Crippen molar-refractivity contribution in [3.8, 4) is 0 Å². The molecule has 5 nitrogen and oxygen atoms in total. The number of unbranched alkanes of at least 4 members (excludes halogenated alkanes) is 1. The summed E-state index contributed by atoms with van der Waals surface area (Å²) in [6.07, 6.45) is 2.32. The molecule has 5 heteroatoms. The number of hydrogen-bond donors (Lipinski definition) is 0. The predicted octanol–water partition coefficient (Wildman–Crippen LogP) is 0.941. The van der Waals surface area contributed by atoms with Gasteiger partial charge in [-0.1, -0.05) is 0 Å². The van der Waals surface area contributed by atoms with Crippen LogP contribution in [0.5, 0.6) is 0 Å². The molecular formula is C10H19NO4. The first-order valence-electron chi connectivity index (χ1n) is 5.36. The number of esters is 1. The lowest BCUT2D eigenvalue weighted by Crippen LogP contribution is -2.35. The standard InChI is InChI=1S/C10H19NO4/c1-2-15-10(12)5-3-4-6-11-7-13-9-14-8-11/h2-9H2,1H3. The molecule has 1 fully saturated rings. The van der Waals surface area contributed by atoms with Gasteiger partial charge in [0.05, 0.1) is 6.61 Å². The Bertz CT molecular complexity index is 180. The summed E-state index contributed by atoms with van der Waals surface area (Å²) in [5.74, 6) is -0.108. The molecule has 0 amide bonds. The minimum atomic E-state index is -0.108. The molecule has 1 aliphatic heterocycles. The minimum Gasteiger partial charge on any atom is -0.466 e. The fourth-order valence-corrected chi connectivity index (χ4v) is 1.40. The molecule has 0 unspecified atom stereocenters. The van der Waals surface area contributed by atoms with Crippen molar-refractivity contribution in [2.45, 2.75) is 26.2 Å². The van der Waals surface area contributed by atoms with Crippen molar-refractivity contribution in [2.75, 3.05) is 33.4 Å². The Hall–Kier alpha value is -0.650. The van der Waals surface area contributed by atoms with Crippen molar-refractivity contribution < 1.29 is 19.0 Å². The summed E-state index contributed by atoms with van der Waals surface area (Å²) in [6.45, 7) is 4.82. The van der Waals surface area contributed by atoms with Crippen LogP contribution in [-0.2, 0) is 19.0 Å². The lowest BCUT2D eigenvalue weighted by molar-refractivity contribution is -0.182. The summed E-state index contributed by atoms with van der Waals surface area (Å²) >= 11 is 0. The highest BCUT2D eigenvalue weighted by Crippen LogP contribution is 2.03. The van der Waals surface area contributed by atoms with E-state index in [0.717, 1.165) is 19.4 Å². The molecule has 0 atom stereocenters. The second-order valence-corrected chi connectivity index (χ2v) is 3.44. The van der Waals surface area contributed by atoms with Gasteiger partial charge in [-0.05, 0) is 19.8 Å². The molecule has 15 heavy (non-hydrogen) atoms. The van der Waals surface area contributed by atoms with Crippen molar-refractivity contribution in [3.05, 3.63) is 0 Å². The Labute approximate surface area is 90.3 Å². The summed E-state index contributed by atoms with van der Waals surface area (Å²) in [5, 5.41) is 0. The molecular weight excluding hydrogens is 198 g/mol. The van der Waals surface area contributed by atoms with Crippen LogP contribution in [0, 0.1) is 0 Å². The highest BCUT2D eigenvalue weighted by molar-refractivity contribution is 5.69. The maximum Gasteiger partial charge on any atom is 0.305 e. The van der Waals surface area contributed by atoms with Gasteiger partial charge in [-0.3, -0.25) is 9.69 Å². The summed E-state index contributed by atoms with van der Waals surface area (Å²) in [6, 6.07) is 0. The largest absolute Gasteiger partial charge is 0.466 e. The molecule has 0 aliphatic carbocycles. The summed E-state index contributed by atoms with van der Waals surface area (Å²) < 4.78 is 15.1. The van der Waals surface area contributed by atoms with Crippen molar-refractivity contribution in [3.63, 3.8) is 0 Å². The normalized spacial score (nSPS) is 17.7. The number of carbonyl (C=O) groups is 1. The van der Waals surface area contributed by atoms with Crippen LogP contribution in [0.25, 0.3) is 0 Å². The zero-order valence-corrected chi connectivity index (χ0v) is 9.24. The van der Waals surface area contributed by atoms with Crippen molar-refractivity contribution in [1.82, 2.24) is 4.90 Å². The Morgan fingerprint density at radius 2 is 2.07 bits per heavy atom.